The minimum absolute atomic E-state index is 0.0853. The number of hydrogen-bond donors (Lipinski definition) is 1. The molecule has 0 aromatic carbocycles. The lowest BCUT2D eigenvalue weighted by atomic mass is 9.92. The van der Waals surface area contributed by atoms with Gasteiger partial charge in [-0.3, -0.25) is 0 Å². The van der Waals surface area contributed by atoms with E-state index < -0.39 is 0 Å². The molecular weight excluding hydrogens is 232 g/mol. The summed E-state index contributed by atoms with van der Waals surface area (Å²) in [5.41, 5.74) is 0. The highest BCUT2D eigenvalue weighted by Crippen LogP contribution is 2.28. The molecule has 18 heavy (non-hydrogen) atoms. The first kappa shape index (κ1) is 12.2. The molecule has 0 aliphatic carbocycles. The van der Waals surface area contributed by atoms with Gasteiger partial charge in [0.15, 0.2) is 0 Å². The number of nitrogens with zero attached hydrogens (tertiary/aromatic N) is 1. The Hall–Kier alpha value is -0.810. The molecule has 5 heteroatoms. The molecule has 3 saturated heterocycles. The molecule has 0 saturated carbocycles. The van der Waals surface area contributed by atoms with Crippen molar-refractivity contribution in [3.8, 4) is 0 Å². The van der Waals surface area contributed by atoms with Crippen molar-refractivity contribution in [3.05, 3.63) is 0 Å². The molecule has 5 nitrogen and oxygen atoms in total. The van der Waals surface area contributed by atoms with Crippen LogP contribution in [0.15, 0.2) is 0 Å². The predicted molar refractivity (Wildman–Crippen MR) is 66.4 cm³/mol. The highest BCUT2D eigenvalue weighted by atomic mass is 16.5. The zero-order valence-electron chi connectivity index (χ0n) is 10.8. The molecule has 0 radical (unpaired) electrons. The van der Waals surface area contributed by atoms with Gasteiger partial charge in [0, 0.05) is 31.5 Å². The largest absolute Gasteiger partial charge is 0.381 e. The van der Waals surface area contributed by atoms with Crippen LogP contribution in [0.1, 0.15) is 19.3 Å². The second-order valence-corrected chi connectivity index (χ2v) is 5.62. The van der Waals surface area contributed by atoms with E-state index in [0.29, 0.717) is 24.5 Å². The first-order chi connectivity index (χ1) is 8.84. The third-order valence-electron chi connectivity index (χ3n) is 4.37. The van der Waals surface area contributed by atoms with Crippen LogP contribution in [0.25, 0.3) is 0 Å². The highest BCUT2D eigenvalue weighted by molar-refractivity contribution is 5.74. The van der Waals surface area contributed by atoms with Crippen LogP contribution in [0, 0.1) is 11.8 Å². The Morgan fingerprint density at radius 1 is 1.22 bits per heavy atom. The van der Waals surface area contributed by atoms with Crippen molar-refractivity contribution in [1.29, 1.82) is 0 Å². The number of likely N-dealkylation sites (tertiary alicyclic amines) is 1. The van der Waals surface area contributed by atoms with Gasteiger partial charge in [0.25, 0.3) is 0 Å². The van der Waals surface area contributed by atoms with Crippen LogP contribution in [0.5, 0.6) is 0 Å². The fraction of sp³-hybridized carbons (Fsp3) is 0.923. The molecule has 3 fully saturated rings. The van der Waals surface area contributed by atoms with Crippen LogP contribution in [-0.2, 0) is 9.47 Å². The van der Waals surface area contributed by atoms with Crippen molar-refractivity contribution in [3.63, 3.8) is 0 Å². The summed E-state index contributed by atoms with van der Waals surface area (Å²) in [7, 11) is 0. The summed E-state index contributed by atoms with van der Waals surface area (Å²) in [6.45, 7) is 4.78. The molecule has 3 heterocycles. The summed E-state index contributed by atoms with van der Waals surface area (Å²) in [4.78, 5) is 14.2. The van der Waals surface area contributed by atoms with Crippen molar-refractivity contribution in [2.45, 2.75) is 25.3 Å². The normalized spacial score (nSPS) is 35.6. The maximum absolute atomic E-state index is 12.2. The van der Waals surface area contributed by atoms with E-state index in [4.69, 9.17) is 9.47 Å². The molecule has 102 valence electrons. The van der Waals surface area contributed by atoms with E-state index in [0.717, 1.165) is 45.8 Å². The number of rotatable bonds is 2. The molecule has 0 aromatic rings. The van der Waals surface area contributed by atoms with Gasteiger partial charge < -0.3 is 19.7 Å². The van der Waals surface area contributed by atoms with Crippen molar-refractivity contribution in [1.82, 2.24) is 10.2 Å². The first-order valence-electron chi connectivity index (χ1n) is 7.04. The molecule has 0 spiro atoms. The molecule has 0 bridgehead atoms. The van der Waals surface area contributed by atoms with Crippen LogP contribution in [0.3, 0.4) is 0 Å². The number of amides is 2. The van der Waals surface area contributed by atoms with Crippen molar-refractivity contribution < 1.29 is 14.3 Å². The van der Waals surface area contributed by atoms with Gasteiger partial charge >= 0.3 is 6.03 Å². The van der Waals surface area contributed by atoms with Crippen LogP contribution in [-0.4, -0.2) is 56.5 Å². The van der Waals surface area contributed by atoms with Gasteiger partial charge in [-0.05, 0) is 19.3 Å². The van der Waals surface area contributed by atoms with E-state index in [-0.39, 0.29) is 6.03 Å². The lowest BCUT2D eigenvalue weighted by Gasteiger charge is -2.36. The Bertz CT molecular complexity index is 305. The summed E-state index contributed by atoms with van der Waals surface area (Å²) in [5, 5.41) is 3.06. The van der Waals surface area contributed by atoms with Gasteiger partial charge in [-0.15, -0.1) is 0 Å². The molecule has 3 rings (SSSR count). The fourth-order valence-corrected chi connectivity index (χ4v) is 3.23. The molecule has 2 amide bonds. The van der Waals surface area contributed by atoms with Gasteiger partial charge in [-0.2, -0.15) is 0 Å². The zero-order chi connectivity index (χ0) is 12.4. The van der Waals surface area contributed by atoms with Crippen LogP contribution in [0.4, 0.5) is 4.79 Å². The Balaban J connectivity index is 1.51. The minimum atomic E-state index is 0.0853. The first-order valence-corrected chi connectivity index (χ1v) is 7.04. The summed E-state index contributed by atoms with van der Waals surface area (Å²) in [6.07, 6.45) is 3.37. The summed E-state index contributed by atoms with van der Waals surface area (Å²) < 4.78 is 10.8. The van der Waals surface area contributed by atoms with E-state index in [2.05, 4.69) is 5.32 Å². The number of nitrogens with one attached hydrogen (secondary N) is 1. The van der Waals surface area contributed by atoms with Crippen molar-refractivity contribution in [2.24, 2.45) is 11.8 Å². The number of ether oxygens (including phenoxy) is 2. The number of piperidine rings is 1. The summed E-state index contributed by atoms with van der Waals surface area (Å²) >= 11 is 0. The molecule has 3 atom stereocenters. The van der Waals surface area contributed by atoms with E-state index in [1.54, 1.807) is 0 Å². The zero-order valence-corrected chi connectivity index (χ0v) is 10.8. The average molecular weight is 254 g/mol. The van der Waals surface area contributed by atoms with Gasteiger partial charge in [0.2, 0.25) is 0 Å². The highest BCUT2D eigenvalue weighted by Gasteiger charge is 2.38. The number of carbonyl (C=O) groups is 1. The average Bonchev–Trinajstić information content (AvgIpc) is 3.05. The predicted octanol–water partition coefficient (Wildman–Crippen LogP) is 0.843. The maximum Gasteiger partial charge on any atom is 0.317 e. The van der Waals surface area contributed by atoms with E-state index in [1.807, 2.05) is 4.90 Å². The van der Waals surface area contributed by atoms with Gasteiger partial charge in [-0.1, -0.05) is 0 Å². The minimum Gasteiger partial charge on any atom is -0.381 e. The SMILES string of the molecule is O=C(NCC1CCOC1)N1CCC[C@@H]2COC[C@@H]21. The van der Waals surface area contributed by atoms with E-state index in [9.17, 15) is 4.79 Å². The third-order valence-corrected chi connectivity index (χ3v) is 4.37. The van der Waals surface area contributed by atoms with Crippen molar-refractivity contribution >= 4 is 6.03 Å². The van der Waals surface area contributed by atoms with Gasteiger partial charge in [0.1, 0.15) is 0 Å². The number of hydrogen-bond acceptors (Lipinski definition) is 3. The Kier molecular flexibility index (Phi) is 3.70. The Morgan fingerprint density at radius 3 is 3.00 bits per heavy atom. The maximum atomic E-state index is 12.2. The third kappa shape index (κ3) is 2.47. The Labute approximate surface area is 108 Å². The Morgan fingerprint density at radius 2 is 2.17 bits per heavy atom. The lowest BCUT2D eigenvalue weighted by Crippen LogP contribution is -2.52. The molecular formula is C13H22N2O3. The second-order valence-electron chi connectivity index (χ2n) is 5.62. The van der Waals surface area contributed by atoms with Crippen LogP contribution < -0.4 is 5.32 Å². The molecule has 0 aromatic heterocycles. The molecule has 1 unspecified atom stereocenters. The molecule has 3 aliphatic rings. The van der Waals surface area contributed by atoms with E-state index in [1.165, 1.54) is 6.42 Å². The number of carbonyl (C=O) groups excluding carboxylic acids is 1. The number of urea groups is 1. The smallest absolute Gasteiger partial charge is 0.317 e. The fourth-order valence-electron chi connectivity index (χ4n) is 3.23. The summed E-state index contributed by atoms with van der Waals surface area (Å²) in [6, 6.07) is 0.390. The van der Waals surface area contributed by atoms with Crippen LogP contribution in [0.2, 0.25) is 0 Å². The summed E-state index contributed by atoms with van der Waals surface area (Å²) in [5.74, 6) is 1.05. The monoisotopic (exact) mass is 254 g/mol. The molecule has 3 aliphatic heterocycles. The second kappa shape index (κ2) is 5.45. The quantitative estimate of drug-likeness (QED) is 0.794. The lowest BCUT2D eigenvalue weighted by molar-refractivity contribution is 0.128. The van der Waals surface area contributed by atoms with Crippen molar-refractivity contribution in [2.75, 3.05) is 39.5 Å². The standard InChI is InChI=1S/C13H22N2O3/c16-13(14-6-10-3-5-17-7-10)15-4-1-2-11-8-18-9-12(11)15/h10-12H,1-9H2,(H,14,16)/t10?,11-,12+/m1/s1. The van der Waals surface area contributed by atoms with Gasteiger partial charge in [0.05, 0.1) is 25.9 Å². The number of fused-ring (bicyclic) bond motifs is 1. The van der Waals surface area contributed by atoms with Crippen LogP contribution >= 0.6 is 0 Å². The van der Waals surface area contributed by atoms with E-state index >= 15 is 0 Å². The molecule has 1 N–H and O–H groups in total. The topological polar surface area (TPSA) is 50.8 Å². The van der Waals surface area contributed by atoms with Gasteiger partial charge in [-0.25, -0.2) is 4.79 Å².